The maximum absolute atomic E-state index is 12.4. The normalized spacial score (nSPS) is 10.1. The SMILES string of the molecule is CC(=O)Nc1cc(NC(C)=O)cc(C(=O)NNC(=O)CCCOc2ccc(Cl)cc2Cl)c1. The van der Waals surface area contributed by atoms with Gasteiger partial charge in [-0.2, -0.15) is 0 Å². The Kier molecular flexibility index (Phi) is 9.30. The summed E-state index contributed by atoms with van der Waals surface area (Å²) in [7, 11) is 0. The number of benzene rings is 2. The van der Waals surface area contributed by atoms with E-state index < -0.39 is 11.8 Å². The van der Waals surface area contributed by atoms with Gasteiger partial charge in [0.25, 0.3) is 5.91 Å². The van der Waals surface area contributed by atoms with Gasteiger partial charge < -0.3 is 15.4 Å². The molecule has 0 heterocycles. The number of ether oxygens (including phenoxy) is 1. The summed E-state index contributed by atoms with van der Waals surface area (Å²) in [5.41, 5.74) is 5.36. The van der Waals surface area contributed by atoms with Crippen molar-refractivity contribution in [2.24, 2.45) is 0 Å². The fourth-order valence-corrected chi connectivity index (χ4v) is 3.04. The highest BCUT2D eigenvalue weighted by atomic mass is 35.5. The highest BCUT2D eigenvalue weighted by Crippen LogP contribution is 2.27. The van der Waals surface area contributed by atoms with Gasteiger partial charge in [0, 0.05) is 42.2 Å². The third-order valence-electron chi connectivity index (χ3n) is 3.85. The van der Waals surface area contributed by atoms with Gasteiger partial charge in [0.2, 0.25) is 17.7 Å². The van der Waals surface area contributed by atoms with E-state index in [0.717, 1.165) is 0 Å². The van der Waals surface area contributed by atoms with Crippen LogP contribution in [0, 0.1) is 0 Å². The van der Waals surface area contributed by atoms with Gasteiger partial charge in [0.15, 0.2) is 0 Å². The van der Waals surface area contributed by atoms with E-state index in [2.05, 4.69) is 21.5 Å². The average molecular weight is 481 g/mol. The summed E-state index contributed by atoms with van der Waals surface area (Å²) in [5.74, 6) is -1.28. The zero-order valence-electron chi connectivity index (χ0n) is 17.4. The second kappa shape index (κ2) is 11.9. The predicted octanol–water partition coefficient (Wildman–Crippen LogP) is 3.53. The third kappa shape index (κ3) is 8.44. The minimum atomic E-state index is -0.624. The van der Waals surface area contributed by atoms with Crippen LogP contribution in [0.3, 0.4) is 0 Å². The molecule has 2 aromatic rings. The average Bonchev–Trinajstić information content (AvgIpc) is 2.69. The van der Waals surface area contributed by atoms with Crippen molar-refractivity contribution in [3.05, 3.63) is 52.0 Å². The Morgan fingerprint density at radius 1 is 0.875 bits per heavy atom. The lowest BCUT2D eigenvalue weighted by molar-refractivity contribution is -0.122. The molecule has 0 fully saturated rings. The molecule has 0 radical (unpaired) electrons. The maximum atomic E-state index is 12.4. The molecular weight excluding hydrogens is 459 g/mol. The highest BCUT2D eigenvalue weighted by Gasteiger charge is 2.12. The first-order valence-corrected chi connectivity index (χ1v) is 10.3. The number of hydrogen-bond acceptors (Lipinski definition) is 5. The lowest BCUT2D eigenvalue weighted by Crippen LogP contribution is -2.41. The van der Waals surface area contributed by atoms with Gasteiger partial charge in [-0.1, -0.05) is 23.2 Å². The van der Waals surface area contributed by atoms with E-state index in [1.54, 1.807) is 18.2 Å². The first kappa shape index (κ1) is 25.0. The van der Waals surface area contributed by atoms with Crippen molar-refractivity contribution in [2.75, 3.05) is 17.2 Å². The number of carbonyl (C=O) groups is 4. The van der Waals surface area contributed by atoms with Gasteiger partial charge in [-0.15, -0.1) is 0 Å². The Morgan fingerprint density at radius 3 is 2.06 bits per heavy atom. The van der Waals surface area contributed by atoms with E-state index >= 15 is 0 Å². The first-order valence-electron chi connectivity index (χ1n) is 9.51. The number of nitrogens with one attached hydrogen (secondary N) is 4. The second-order valence-electron chi connectivity index (χ2n) is 6.69. The van der Waals surface area contributed by atoms with Crippen molar-refractivity contribution in [1.82, 2.24) is 10.9 Å². The van der Waals surface area contributed by atoms with Gasteiger partial charge in [-0.25, -0.2) is 0 Å². The van der Waals surface area contributed by atoms with Crippen LogP contribution in [0.1, 0.15) is 37.0 Å². The van der Waals surface area contributed by atoms with E-state index in [4.69, 9.17) is 27.9 Å². The minimum Gasteiger partial charge on any atom is -0.492 e. The van der Waals surface area contributed by atoms with Gasteiger partial charge >= 0.3 is 0 Å². The molecule has 32 heavy (non-hydrogen) atoms. The number of hydrazine groups is 1. The van der Waals surface area contributed by atoms with Crippen LogP contribution < -0.4 is 26.2 Å². The molecule has 0 aliphatic heterocycles. The van der Waals surface area contributed by atoms with Gasteiger partial charge in [-0.3, -0.25) is 30.0 Å². The summed E-state index contributed by atoms with van der Waals surface area (Å²) < 4.78 is 5.50. The maximum Gasteiger partial charge on any atom is 0.269 e. The van der Waals surface area contributed by atoms with Crippen LogP contribution in [0.25, 0.3) is 0 Å². The second-order valence-corrected chi connectivity index (χ2v) is 7.53. The summed E-state index contributed by atoms with van der Waals surface area (Å²) in [4.78, 5) is 47.0. The number of hydrogen-bond donors (Lipinski definition) is 4. The number of rotatable bonds is 8. The Bertz CT molecular complexity index is 995. The van der Waals surface area contributed by atoms with Gasteiger partial charge in [-0.05, 0) is 42.8 Å². The summed E-state index contributed by atoms with van der Waals surface area (Å²) >= 11 is 11.8. The lowest BCUT2D eigenvalue weighted by Gasteiger charge is -2.12. The monoisotopic (exact) mass is 480 g/mol. The Balaban J connectivity index is 1.85. The van der Waals surface area contributed by atoms with Crippen molar-refractivity contribution < 1.29 is 23.9 Å². The molecule has 0 aromatic heterocycles. The van der Waals surface area contributed by atoms with E-state index in [0.29, 0.717) is 33.6 Å². The molecular formula is C21H22Cl2N4O5. The van der Waals surface area contributed by atoms with Crippen LogP contribution in [0.15, 0.2) is 36.4 Å². The van der Waals surface area contributed by atoms with Gasteiger partial charge in [0.05, 0.1) is 11.6 Å². The molecule has 170 valence electrons. The Labute approximate surface area is 194 Å². The zero-order valence-corrected chi connectivity index (χ0v) is 18.9. The molecule has 0 spiro atoms. The molecule has 0 atom stereocenters. The fraction of sp³-hybridized carbons (Fsp3) is 0.238. The topological polar surface area (TPSA) is 126 Å². The van der Waals surface area contributed by atoms with Gasteiger partial charge in [0.1, 0.15) is 5.75 Å². The molecule has 0 unspecified atom stereocenters. The van der Waals surface area contributed by atoms with Crippen molar-refractivity contribution >= 4 is 58.2 Å². The van der Waals surface area contributed by atoms with Crippen molar-refractivity contribution in [3.63, 3.8) is 0 Å². The lowest BCUT2D eigenvalue weighted by atomic mass is 10.1. The Hall–Kier alpha value is -3.30. The molecule has 0 saturated heterocycles. The molecule has 0 bridgehead atoms. The standard InChI is InChI=1S/C21H22Cl2N4O5/c1-12(28)24-16-8-14(9-17(11-16)25-13(2)29)21(31)27-26-20(30)4-3-7-32-19-6-5-15(22)10-18(19)23/h5-6,8-11H,3-4,7H2,1-2H3,(H,24,28)(H,25,29)(H,26,30)(H,27,31). The molecule has 0 aliphatic carbocycles. The molecule has 9 nitrogen and oxygen atoms in total. The van der Waals surface area contributed by atoms with Crippen LogP contribution in [0.2, 0.25) is 10.0 Å². The van der Waals surface area contributed by atoms with Crippen LogP contribution in [-0.4, -0.2) is 30.2 Å². The van der Waals surface area contributed by atoms with Crippen molar-refractivity contribution in [1.29, 1.82) is 0 Å². The third-order valence-corrected chi connectivity index (χ3v) is 4.38. The number of anilines is 2. The van der Waals surface area contributed by atoms with Crippen LogP contribution >= 0.6 is 23.2 Å². The quantitative estimate of drug-likeness (QED) is 0.339. The predicted molar refractivity (Wildman–Crippen MR) is 122 cm³/mol. The number of carbonyl (C=O) groups excluding carboxylic acids is 4. The van der Waals surface area contributed by atoms with Crippen LogP contribution in [0.5, 0.6) is 5.75 Å². The number of amides is 4. The van der Waals surface area contributed by atoms with E-state index in [1.165, 1.54) is 32.0 Å². The van der Waals surface area contributed by atoms with Crippen molar-refractivity contribution in [2.45, 2.75) is 26.7 Å². The molecule has 0 saturated carbocycles. The molecule has 4 N–H and O–H groups in total. The first-order chi connectivity index (χ1) is 15.1. The largest absolute Gasteiger partial charge is 0.492 e. The Morgan fingerprint density at radius 2 is 1.50 bits per heavy atom. The highest BCUT2D eigenvalue weighted by molar-refractivity contribution is 6.35. The smallest absolute Gasteiger partial charge is 0.269 e. The van der Waals surface area contributed by atoms with E-state index in [9.17, 15) is 19.2 Å². The summed E-state index contributed by atoms with van der Waals surface area (Å²) in [5, 5.41) is 5.95. The van der Waals surface area contributed by atoms with Crippen LogP contribution in [0.4, 0.5) is 11.4 Å². The molecule has 2 rings (SSSR count). The van der Waals surface area contributed by atoms with E-state index in [-0.39, 0.29) is 30.4 Å². The van der Waals surface area contributed by atoms with Crippen LogP contribution in [-0.2, 0) is 14.4 Å². The van der Waals surface area contributed by atoms with E-state index in [1.807, 2.05) is 0 Å². The molecule has 0 aliphatic rings. The minimum absolute atomic E-state index is 0.0918. The summed E-state index contributed by atoms with van der Waals surface area (Å²) in [6, 6.07) is 9.17. The molecule has 2 aromatic carbocycles. The number of halogens is 2. The fourth-order valence-electron chi connectivity index (χ4n) is 2.58. The molecule has 11 heteroatoms. The van der Waals surface area contributed by atoms with Crippen molar-refractivity contribution in [3.8, 4) is 5.75 Å². The summed E-state index contributed by atoms with van der Waals surface area (Å²) in [6.45, 7) is 2.87. The zero-order chi connectivity index (χ0) is 23.7. The summed E-state index contributed by atoms with van der Waals surface area (Å²) in [6.07, 6.45) is 0.472. The molecule has 4 amide bonds.